The third-order valence-corrected chi connectivity index (χ3v) is 3.94. The maximum absolute atomic E-state index is 11.6. The number of halogens is 1. The quantitative estimate of drug-likeness (QED) is 0.510. The molecule has 8 heteroatoms. The summed E-state index contributed by atoms with van der Waals surface area (Å²) in [5, 5.41) is 11.5. The predicted molar refractivity (Wildman–Crippen MR) is 88.6 cm³/mol. The van der Waals surface area contributed by atoms with Crippen LogP contribution in [0.2, 0.25) is 0 Å². The highest BCUT2D eigenvalue weighted by atomic mass is 79.9. The van der Waals surface area contributed by atoms with Crippen LogP contribution in [0.4, 0.5) is 4.79 Å². The van der Waals surface area contributed by atoms with Crippen molar-refractivity contribution in [3.8, 4) is 0 Å². The summed E-state index contributed by atoms with van der Waals surface area (Å²) < 4.78 is 5.06. The summed E-state index contributed by atoms with van der Waals surface area (Å²) in [5.74, 6) is -0.970. The fourth-order valence-electron chi connectivity index (χ4n) is 2.30. The second kappa shape index (κ2) is 8.52. The minimum absolute atomic E-state index is 0.119. The summed E-state index contributed by atoms with van der Waals surface area (Å²) in [7, 11) is 0. The summed E-state index contributed by atoms with van der Waals surface area (Å²) in [5.41, 5.74) is -0.671. The minimum atomic E-state index is -1.09. The topological polar surface area (TPSA) is 95.9 Å². The third kappa shape index (κ3) is 7.67. The summed E-state index contributed by atoms with van der Waals surface area (Å²) in [6.45, 7) is 6.45. The van der Waals surface area contributed by atoms with Gasteiger partial charge in [-0.15, -0.1) is 0 Å². The number of aliphatic carboxylic acids is 1. The van der Waals surface area contributed by atoms with Gasteiger partial charge in [0.15, 0.2) is 0 Å². The average Bonchev–Trinajstić information content (AvgIpc) is 2.69. The smallest absolute Gasteiger partial charge is 0.408 e. The zero-order valence-electron chi connectivity index (χ0n) is 13.8. The van der Waals surface area contributed by atoms with Crippen molar-refractivity contribution in [3.05, 3.63) is 0 Å². The molecular formula is C15H25BrN2O5. The van der Waals surface area contributed by atoms with Gasteiger partial charge in [-0.1, -0.05) is 15.9 Å². The Morgan fingerprint density at radius 2 is 2.09 bits per heavy atom. The number of alkyl carbamates (subject to hydrolysis) is 1. The predicted octanol–water partition coefficient (Wildman–Crippen LogP) is 2.13. The lowest BCUT2D eigenvalue weighted by Gasteiger charge is -2.22. The van der Waals surface area contributed by atoms with E-state index >= 15 is 0 Å². The second-order valence-electron chi connectivity index (χ2n) is 6.67. The standard InChI is InChI=1S/C15H25BrN2O5/c1-15(2,3)23-14(22)17-11(13(20)21)6-4-5-7-18-9-10(16)8-12(18)19/h10-11H,4-9H2,1-3H3,(H,17,22)(H,20,21)/t10?,11-/m0/s1. The molecule has 0 aliphatic carbocycles. The third-order valence-electron chi connectivity index (χ3n) is 3.33. The molecule has 132 valence electrons. The Kier molecular flexibility index (Phi) is 7.31. The molecule has 0 saturated carbocycles. The zero-order valence-corrected chi connectivity index (χ0v) is 15.4. The lowest BCUT2D eigenvalue weighted by Crippen LogP contribution is -2.43. The Balaban J connectivity index is 2.32. The van der Waals surface area contributed by atoms with E-state index in [-0.39, 0.29) is 10.7 Å². The molecule has 0 spiro atoms. The molecule has 7 nitrogen and oxygen atoms in total. The van der Waals surface area contributed by atoms with Gasteiger partial charge >= 0.3 is 12.1 Å². The minimum Gasteiger partial charge on any atom is -0.480 e. The fourth-order valence-corrected chi connectivity index (χ4v) is 2.92. The van der Waals surface area contributed by atoms with E-state index in [0.29, 0.717) is 38.8 Å². The largest absolute Gasteiger partial charge is 0.480 e. The molecule has 0 radical (unpaired) electrons. The lowest BCUT2D eigenvalue weighted by molar-refractivity contribution is -0.139. The summed E-state index contributed by atoms with van der Waals surface area (Å²) >= 11 is 3.42. The molecule has 1 rings (SSSR count). The van der Waals surface area contributed by atoms with Gasteiger partial charge in [0.05, 0.1) is 0 Å². The van der Waals surface area contributed by atoms with Crippen LogP contribution in [0.5, 0.6) is 0 Å². The lowest BCUT2D eigenvalue weighted by atomic mass is 10.1. The van der Waals surface area contributed by atoms with Crippen molar-refractivity contribution in [2.24, 2.45) is 0 Å². The number of nitrogens with one attached hydrogen (secondary N) is 1. The zero-order chi connectivity index (χ0) is 17.6. The van der Waals surface area contributed by atoms with Gasteiger partial charge in [-0.05, 0) is 40.0 Å². The highest BCUT2D eigenvalue weighted by Crippen LogP contribution is 2.18. The van der Waals surface area contributed by atoms with E-state index in [1.807, 2.05) is 0 Å². The van der Waals surface area contributed by atoms with E-state index in [4.69, 9.17) is 9.84 Å². The number of likely N-dealkylation sites (tertiary alicyclic amines) is 1. The molecular weight excluding hydrogens is 368 g/mol. The van der Waals surface area contributed by atoms with Crippen LogP contribution in [-0.4, -0.2) is 57.5 Å². The van der Waals surface area contributed by atoms with Gasteiger partial charge in [-0.3, -0.25) is 4.79 Å². The summed E-state index contributed by atoms with van der Waals surface area (Å²) in [6, 6.07) is -0.983. The SMILES string of the molecule is CC(C)(C)OC(=O)N[C@@H](CCCCN1CC(Br)CC1=O)C(=O)O. The van der Waals surface area contributed by atoms with Gasteiger partial charge in [-0.2, -0.15) is 0 Å². The van der Waals surface area contributed by atoms with Crippen molar-refractivity contribution in [2.45, 2.75) is 62.9 Å². The summed E-state index contributed by atoms with van der Waals surface area (Å²) in [6.07, 6.45) is 1.38. The van der Waals surface area contributed by atoms with E-state index in [1.54, 1.807) is 25.7 Å². The molecule has 1 saturated heterocycles. The molecule has 2 N–H and O–H groups in total. The first kappa shape index (κ1) is 19.7. The van der Waals surface area contributed by atoms with Crippen LogP contribution in [0.1, 0.15) is 46.5 Å². The number of carboxylic acid groups (broad SMARTS) is 1. The Morgan fingerprint density at radius 3 is 2.57 bits per heavy atom. The number of carbonyl (C=O) groups excluding carboxylic acids is 2. The first-order chi connectivity index (χ1) is 10.6. The van der Waals surface area contributed by atoms with Crippen molar-refractivity contribution in [3.63, 3.8) is 0 Å². The normalized spacial score (nSPS) is 19.6. The molecule has 1 heterocycles. The first-order valence-electron chi connectivity index (χ1n) is 7.72. The average molecular weight is 393 g/mol. The van der Waals surface area contributed by atoms with Gasteiger partial charge in [-0.25, -0.2) is 9.59 Å². The number of hydrogen-bond acceptors (Lipinski definition) is 4. The maximum Gasteiger partial charge on any atom is 0.408 e. The fraction of sp³-hybridized carbons (Fsp3) is 0.800. The van der Waals surface area contributed by atoms with Crippen LogP contribution in [0.25, 0.3) is 0 Å². The molecule has 2 atom stereocenters. The van der Waals surface area contributed by atoms with Crippen molar-refractivity contribution in [2.75, 3.05) is 13.1 Å². The van der Waals surface area contributed by atoms with Gasteiger partial charge in [0.1, 0.15) is 11.6 Å². The van der Waals surface area contributed by atoms with Gasteiger partial charge in [0.25, 0.3) is 0 Å². The Morgan fingerprint density at radius 1 is 1.43 bits per heavy atom. The first-order valence-corrected chi connectivity index (χ1v) is 8.64. The number of amides is 2. The molecule has 23 heavy (non-hydrogen) atoms. The monoisotopic (exact) mass is 392 g/mol. The number of carbonyl (C=O) groups is 3. The molecule has 0 aromatic rings. The van der Waals surface area contributed by atoms with E-state index in [2.05, 4.69) is 21.2 Å². The van der Waals surface area contributed by atoms with Gasteiger partial charge in [0, 0.05) is 24.3 Å². The number of unbranched alkanes of at least 4 members (excludes halogenated alkanes) is 1. The number of nitrogens with zero attached hydrogens (tertiary/aromatic N) is 1. The number of carboxylic acids is 1. The maximum atomic E-state index is 11.6. The Labute approximate surface area is 144 Å². The van der Waals surface area contributed by atoms with E-state index in [1.165, 1.54) is 0 Å². The Hall–Kier alpha value is -1.31. The van der Waals surface area contributed by atoms with Crippen LogP contribution in [0, 0.1) is 0 Å². The van der Waals surface area contributed by atoms with Crippen molar-refractivity contribution in [1.29, 1.82) is 0 Å². The van der Waals surface area contributed by atoms with Gasteiger partial charge < -0.3 is 20.1 Å². The van der Waals surface area contributed by atoms with E-state index < -0.39 is 23.7 Å². The van der Waals surface area contributed by atoms with Crippen molar-refractivity contribution in [1.82, 2.24) is 10.2 Å². The number of ether oxygens (including phenoxy) is 1. The molecule has 1 aliphatic rings. The van der Waals surface area contributed by atoms with E-state index in [0.717, 1.165) is 0 Å². The molecule has 2 amide bonds. The van der Waals surface area contributed by atoms with Crippen LogP contribution in [0.15, 0.2) is 0 Å². The summed E-state index contributed by atoms with van der Waals surface area (Å²) in [4.78, 5) is 36.5. The van der Waals surface area contributed by atoms with Crippen LogP contribution < -0.4 is 5.32 Å². The molecule has 0 bridgehead atoms. The van der Waals surface area contributed by atoms with E-state index in [9.17, 15) is 14.4 Å². The van der Waals surface area contributed by atoms with Crippen molar-refractivity contribution >= 4 is 33.9 Å². The highest BCUT2D eigenvalue weighted by Gasteiger charge is 2.27. The molecule has 0 aromatic heterocycles. The van der Waals surface area contributed by atoms with Crippen molar-refractivity contribution < 1.29 is 24.2 Å². The molecule has 0 aromatic carbocycles. The Bertz CT molecular complexity index is 450. The van der Waals surface area contributed by atoms with Crippen LogP contribution in [0.3, 0.4) is 0 Å². The number of alkyl halides is 1. The number of hydrogen-bond donors (Lipinski definition) is 2. The van der Waals surface area contributed by atoms with Crippen LogP contribution >= 0.6 is 15.9 Å². The van der Waals surface area contributed by atoms with Gasteiger partial charge in [0.2, 0.25) is 5.91 Å². The molecule has 1 aliphatic heterocycles. The van der Waals surface area contributed by atoms with Crippen LogP contribution in [-0.2, 0) is 14.3 Å². The number of rotatable bonds is 7. The second-order valence-corrected chi connectivity index (χ2v) is 7.97. The molecule has 1 fully saturated rings. The molecule has 1 unspecified atom stereocenters. The highest BCUT2D eigenvalue weighted by molar-refractivity contribution is 9.09.